The van der Waals surface area contributed by atoms with E-state index in [1.54, 1.807) is 0 Å². The SMILES string of the molecule is Cc1ccc(Br)c(CC2CCNC2)c1. The first-order chi connectivity index (χ1) is 6.75. The maximum Gasteiger partial charge on any atom is 0.0207 e. The first-order valence-electron chi connectivity index (χ1n) is 5.21. The van der Waals surface area contributed by atoms with Crippen molar-refractivity contribution < 1.29 is 0 Å². The van der Waals surface area contributed by atoms with Gasteiger partial charge in [0, 0.05) is 4.47 Å². The molecule has 0 aromatic heterocycles. The Morgan fingerprint density at radius 3 is 3.07 bits per heavy atom. The minimum atomic E-state index is 0.827. The lowest BCUT2D eigenvalue weighted by atomic mass is 9.98. The molecular weight excluding hydrogens is 238 g/mol. The third-order valence-electron chi connectivity index (χ3n) is 2.87. The first kappa shape index (κ1) is 10.2. The highest BCUT2D eigenvalue weighted by Gasteiger charge is 2.15. The van der Waals surface area contributed by atoms with Gasteiger partial charge < -0.3 is 5.32 Å². The van der Waals surface area contributed by atoms with Crippen molar-refractivity contribution in [3.63, 3.8) is 0 Å². The molecule has 0 spiro atoms. The van der Waals surface area contributed by atoms with Crippen LogP contribution in [0.25, 0.3) is 0 Å². The van der Waals surface area contributed by atoms with Gasteiger partial charge in [-0.15, -0.1) is 0 Å². The van der Waals surface area contributed by atoms with Gasteiger partial charge in [0.2, 0.25) is 0 Å². The van der Waals surface area contributed by atoms with E-state index in [4.69, 9.17) is 0 Å². The Morgan fingerprint density at radius 2 is 2.36 bits per heavy atom. The zero-order valence-corrected chi connectivity index (χ0v) is 10.1. The Morgan fingerprint density at radius 1 is 1.50 bits per heavy atom. The first-order valence-corrected chi connectivity index (χ1v) is 6.01. The predicted molar refractivity (Wildman–Crippen MR) is 63.6 cm³/mol. The number of benzene rings is 1. The summed E-state index contributed by atoms with van der Waals surface area (Å²) in [5, 5.41) is 3.41. The van der Waals surface area contributed by atoms with Gasteiger partial charge in [0.1, 0.15) is 0 Å². The Kier molecular flexibility index (Phi) is 3.24. The van der Waals surface area contributed by atoms with Crippen molar-refractivity contribution in [2.75, 3.05) is 13.1 Å². The van der Waals surface area contributed by atoms with Crippen LogP contribution in [0.1, 0.15) is 17.5 Å². The van der Waals surface area contributed by atoms with E-state index in [2.05, 4.69) is 46.4 Å². The quantitative estimate of drug-likeness (QED) is 0.855. The molecule has 1 aromatic carbocycles. The van der Waals surface area contributed by atoms with Crippen molar-refractivity contribution in [3.05, 3.63) is 33.8 Å². The molecule has 1 unspecified atom stereocenters. The minimum absolute atomic E-state index is 0.827. The number of aryl methyl sites for hydroxylation is 1. The minimum Gasteiger partial charge on any atom is -0.316 e. The Bertz CT molecular complexity index is 316. The second-order valence-electron chi connectivity index (χ2n) is 4.16. The van der Waals surface area contributed by atoms with E-state index >= 15 is 0 Å². The molecule has 14 heavy (non-hydrogen) atoms. The van der Waals surface area contributed by atoms with E-state index in [-0.39, 0.29) is 0 Å². The average molecular weight is 254 g/mol. The maximum absolute atomic E-state index is 3.62. The molecule has 2 rings (SSSR count). The molecule has 1 nitrogen and oxygen atoms in total. The van der Waals surface area contributed by atoms with Crippen LogP contribution in [0.5, 0.6) is 0 Å². The molecule has 0 amide bonds. The van der Waals surface area contributed by atoms with Gasteiger partial charge >= 0.3 is 0 Å². The van der Waals surface area contributed by atoms with Crippen LogP contribution >= 0.6 is 15.9 Å². The van der Waals surface area contributed by atoms with Crippen LogP contribution in [0, 0.1) is 12.8 Å². The normalized spacial score (nSPS) is 21.4. The zero-order valence-electron chi connectivity index (χ0n) is 8.52. The van der Waals surface area contributed by atoms with Crippen LogP contribution < -0.4 is 5.32 Å². The second kappa shape index (κ2) is 4.45. The van der Waals surface area contributed by atoms with Gasteiger partial charge in [-0.1, -0.05) is 33.6 Å². The van der Waals surface area contributed by atoms with Crippen molar-refractivity contribution in [1.29, 1.82) is 0 Å². The van der Waals surface area contributed by atoms with Crippen LogP contribution in [0.3, 0.4) is 0 Å². The summed E-state index contributed by atoms with van der Waals surface area (Å²) in [5.41, 5.74) is 2.81. The monoisotopic (exact) mass is 253 g/mol. The summed E-state index contributed by atoms with van der Waals surface area (Å²) >= 11 is 3.62. The highest BCUT2D eigenvalue weighted by molar-refractivity contribution is 9.10. The third kappa shape index (κ3) is 2.37. The molecule has 1 saturated heterocycles. The summed E-state index contributed by atoms with van der Waals surface area (Å²) < 4.78 is 1.26. The maximum atomic E-state index is 3.62. The van der Waals surface area contributed by atoms with E-state index in [0.717, 1.165) is 5.92 Å². The summed E-state index contributed by atoms with van der Waals surface area (Å²) in [5.74, 6) is 0.827. The van der Waals surface area contributed by atoms with Gasteiger partial charge in [0.25, 0.3) is 0 Å². The topological polar surface area (TPSA) is 12.0 Å². The van der Waals surface area contributed by atoms with Gasteiger partial charge in [0.15, 0.2) is 0 Å². The predicted octanol–water partition coefficient (Wildman–Crippen LogP) is 2.91. The smallest absolute Gasteiger partial charge is 0.0207 e. The van der Waals surface area contributed by atoms with Crippen LogP contribution in [0.4, 0.5) is 0 Å². The molecule has 1 aliphatic rings. The highest BCUT2D eigenvalue weighted by Crippen LogP contribution is 2.23. The van der Waals surface area contributed by atoms with Gasteiger partial charge in [-0.25, -0.2) is 0 Å². The second-order valence-corrected chi connectivity index (χ2v) is 5.01. The molecule has 0 aliphatic carbocycles. The van der Waals surface area contributed by atoms with Crippen molar-refractivity contribution >= 4 is 15.9 Å². The number of nitrogens with one attached hydrogen (secondary N) is 1. The molecule has 1 fully saturated rings. The fourth-order valence-electron chi connectivity index (χ4n) is 2.06. The molecule has 76 valence electrons. The molecule has 1 aliphatic heterocycles. The van der Waals surface area contributed by atoms with Crippen LogP contribution in [-0.2, 0) is 6.42 Å². The highest BCUT2D eigenvalue weighted by atomic mass is 79.9. The van der Waals surface area contributed by atoms with Crippen LogP contribution in [0.15, 0.2) is 22.7 Å². The van der Waals surface area contributed by atoms with Crippen molar-refractivity contribution in [1.82, 2.24) is 5.32 Å². The molecule has 0 bridgehead atoms. The molecule has 1 atom stereocenters. The lowest BCUT2D eigenvalue weighted by Crippen LogP contribution is -2.11. The van der Waals surface area contributed by atoms with Gasteiger partial charge in [-0.05, 0) is 50.4 Å². The number of hydrogen-bond acceptors (Lipinski definition) is 1. The third-order valence-corrected chi connectivity index (χ3v) is 3.65. The summed E-state index contributed by atoms with van der Waals surface area (Å²) in [6.07, 6.45) is 2.52. The molecule has 0 radical (unpaired) electrons. The van der Waals surface area contributed by atoms with E-state index in [1.807, 2.05) is 0 Å². The van der Waals surface area contributed by atoms with Crippen molar-refractivity contribution in [2.45, 2.75) is 19.8 Å². The summed E-state index contributed by atoms with van der Waals surface area (Å²) in [6.45, 7) is 4.53. The lowest BCUT2D eigenvalue weighted by Gasteiger charge is -2.10. The standard InChI is InChI=1S/C12H16BrN/c1-9-2-3-12(13)11(6-9)7-10-4-5-14-8-10/h2-3,6,10,14H,4-5,7-8H2,1H3. The number of hydrogen-bond donors (Lipinski definition) is 1. The molecule has 2 heteroatoms. The van der Waals surface area contributed by atoms with Crippen molar-refractivity contribution in [2.24, 2.45) is 5.92 Å². The zero-order chi connectivity index (χ0) is 9.97. The molecule has 1 heterocycles. The fraction of sp³-hybridized carbons (Fsp3) is 0.500. The number of halogens is 1. The van der Waals surface area contributed by atoms with Crippen LogP contribution in [0.2, 0.25) is 0 Å². The van der Waals surface area contributed by atoms with E-state index in [9.17, 15) is 0 Å². The van der Waals surface area contributed by atoms with E-state index in [1.165, 1.54) is 41.5 Å². The molecule has 1 N–H and O–H groups in total. The molecule has 1 aromatic rings. The lowest BCUT2D eigenvalue weighted by molar-refractivity contribution is 0.579. The Hall–Kier alpha value is -0.340. The summed E-state index contributed by atoms with van der Waals surface area (Å²) in [6, 6.07) is 6.61. The van der Waals surface area contributed by atoms with Gasteiger partial charge in [-0.2, -0.15) is 0 Å². The molecule has 0 saturated carbocycles. The van der Waals surface area contributed by atoms with E-state index in [0.29, 0.717) is 0 Å². The Labute approximate surface area is 94.0 Å². The number of rotatable bonds is 2. The largest absolute Gasteiger partial charge is 0.316 e. The fourth-order valence-corrected chi connectivity index (χ4v) is 2.47. The summed E-state index contributed by atoms with van der Waals surface area (Å²) in [7, 11) is 0. The van der Waals surface area contributed by atoms with Gasteiger partial charge in [0.05, 0.1) is 0 Å². The Balaban J connectivity index is 2.10. The van der Waals surface area contributed by atoms with Crippen molar-refractivity contribution in [3.8, 4) is 0 Å². The summed E-state index contributed by atoms with van der Waals surface area (Å²) in [4.78, 5) is 0. The average Bonchev–Trinajstić information content (AvgIpc) is 2.64. The molecular formula is C12H16BrN. The van der Waals surface area contributed by atoms with Gasteiger partial charge in [-0.3, -0.25) is 0 Å². The van der Waals surface area contributed by atoms with Crippen LogP contribution in [-0.4, -0.2) is 13.1 Å². The van der Waals surface area contributed by atoms with E-state index < -0.39 is 0 Å².